The third-order valence-corrected chi connectivity index (χ3v) is 3.51. The Morgan fingerprint density at radius 3 is 2.00 bits per heavy atom. The topological polar surface area (TPSA) is 15.3 Å². The average Bonchev–Trinajstić information content (AvgIpc) is 2.12. The van der Waals surface area contributed by atoms with Gasteiger partial charge in [0.15, 0.2) is 0 Å². The molecular weight excluding hydrogens is 196 g/mol. The number of hydrogen-bond donors (Lipinski definition) is 1. The van der Waals surface area contributed by atoms with Crippen molar-refractivity contribution in [2.24, 2.45) is 17.8 Å². The molecule has 0 aromatic heterocycles. The van der Waals surface area contributed by atoms with Crippen molar-refractivity contribution >= 4 is 0 Å². The van der Waals surface area contributed by atoms with Gasteiger partial charge in [-0.3, -0.25) is 0 Å². The van der Waals surface area contributed by atoms with Crippen LogP contribution in [-0.2, 0) is 0 Å². The smallest absolute Gasteiger partial charge is 0.00696 e. The molecule has 2 heteroatoms. The van der Waals surface area contributed by atoms with Crippen LogP contribution in [0.3, 0.4) is 0 Å². The molecule has 0 bridgehead atoms. The van der Waals surface area contributed by atoms with Crippen LogP contribution in [0.2, 0.25) is 0 Å². The van der Waals surface area contributed by atoms with Crippen LogP contribution in [0.4, 0.5) is 0 Å². The van der Waals surface area contributed by atoms with Crippen molar-refractivity contribution in [1.82, 2.24) is 10.2 Å². The molecule has 1 N–H and O–H groups in total. The lowest BCUT2D eigenvalue weighted by molar-refractivity contribution is 0.128. The minimum Gasteiger partial charge on any atom is -0.316 e. The van der Waals surface area contributed by atoms with Gasteiger partial charge in [-0.15, -0.1) is 0 Å². The Morgan fingerprint density at radius 2 is 1.56 bits per heavy atom. The molecule has 0 aromatic carbocycles. The lowest BCUT2D eigenvalue weighted by Crippen LogP contribution is -2.46. The normalized spacial score (nSPS) is 31.1. The summed E-state index contributed by atoms with van der Waals surface area (Å²) in [7, 11) is 0. The summed E-state index contributed by atoms with van der Waals surface area (Å²) < 4.78 is 0. The third-order valence-electron chi connectivity index (χ3n) is 3.51. The molecular formula is C14H30N2. The quantitative estimate of drug-likeness (QED) is 0.796. The second kappa shape index (κ2) is 6.61. The van der Waals surface area contributed by atoms with E-state index in [9.17, 15) is 0 Å². The van der Waals surface area contributed by atoms with Crippen molar-refractivity contribution in [2.75, 3.05) is 26.2 Å². The zero-order valence-electron chi connectivity index (χ0n) is 11.8. The number of rotatable bonds is 3. The Bertz CT molecular complexity index is 179. The highest BCUT2D eigenvalue weighted by Crippen LogP contribution is 2.16. The highest BCUT2D eigenvalue weighted by atomic mass is 15.2. The fourth-order valence-corrected chi connectivity index (χ4v) is 2.77. The van der Waals surface area contributed by atoms with Crippen LogP contribution in [0, 0.1) is 17.8 Å². The van der Waals surface area contributed by atoms with Crippen molar-refractivity contribution < 1.29 is 0 Å². The zero-order chi connectivity index (χ0) is 12.1. The minimum absolute atomic E-state index is 0.739. The van der Waals surface area contributed by atoms with E-state index in [4.69, 9.17) is 0 Å². The molecule has 1 aliphatic heterocycles. The van der Waals surface area contributed by atoms with Gasteiger partial charge in [-0.25, -0.2) is 0 Å². The summed E-state index contributed by atoms with van der Waals surface area (Å²) in [5.41, 5.74) is 0. The summed E-state index contributed by atoms with van der Waals surface area (Å²) >= 11 is 0. The Morgan fingerprint density at radius 1 is 1.06 bits per heavy atom. The van der Waals surface area contributed by atoms with E-state index in [1.54, 1.807) is 0 Å². The second-order valence-electron chi connectivity index (χ2n) is 6.30. The molecule has 16 heavy (non-hydrogen) atoms. The van der Waals surface area contributed by atoms with Gasteiger partial charge < -0.3 is 10.2 Å². The molecule has 2 nitrogen and oxygen atoms in total. The Hall–Kier alpha value is -0.0800. The third kappa shape index (κ3) is 4.84. The molecule has 96 valence electrons. The first-order chi connectivity index (χ1) is 7.49. The maximum atomic E-state index is 3.56. The van der Waals surface area contributed by atoms with Gasteiger partial charge in [-0.1, -0.05) is 27.7 Å². The van der Waals surface area contributed by atoms with Crippen LogP contribution < -0.4 is 5.32 Å². The van der Waals surface area contributed by atoms with Crippen molar-refractivity contribution in [1.29, 1.82) is 0 Å². The van der Waals surface area contributed by atoms with E-state index in [2.05, 4.69) is 44.8 Å². The number of hydrogen-bond acceptors (Lipinski definition) is 2. The lowest BCUT2D eigenvalue weighted by Gasteiger charge is -2.36. The molecule has 3 atom stereocenters. The molecule has 0 aliphatic carbocycles. The van der Waals surface area contributed by atoms with Gasteiger partial charge >= 0.3 is 0 Å². The van der Waals surface area contributed by atoms with E-state index >= 15 is 0 Å². The minimum atomic E-state index is 0.739. The highest BCUT2D eigenvalue weighted by Gasteiger charge is 2.21. The van der Waals surface area contributed by atoms with Gasteiger partial charge in [0.05, 0.1) is 0 Å². The molecule has 0 aromatic rings. The molecule has 1 saturated heterocycles. The first kappa shape index (κ1) is 14.0. The summed E-state index contributed by atoms with van der Waals surface area (Å²) in [5.74, 6) is 2.37. The maximum absolute atomic E-state index is 3.56. The SMILES string of the molecule is CC(C)CC(C)N1CC(C)CNCC(C)C1. The van der Waals surface area contributed by atoms with E-state index in [1.165, 1.54) is 32.6 Å². The Kier molecular flexibility index (Phi) is 5.77. The lowest BCUT2D eigenvalue weighted by atomic mass is 9.99. The first-order valence-corrected chi connectivity index (χ1v) is 6.93. The molecule has 0 amide bonds. The molecule has 1 fully saturated rings. The van der Waals surface area contributed by atoms with Crippen LogP contribution in [0.25, 0.3) is 0 Å². The van der Waals surface area contributed by atoms with Gasteiger partial charge in [-0.05, 0) is 44.2 Å². The van der Waals surface area contributed by atoms with Crippen LogP contribution in [0.5, 0.6) is 0 Å². The van der Waals surface area contributed by atoms with Gasteiger partial charge in [0.2, 0.25) is 0 Å². The van der Waals surface area contributed by atoms with Crippen LogP contribution in [-0.4, -0.2) is 37.1 Å². The van der Waals surface area contributed by atoms with Gasteiger partial charge in [0, 0.05) is 19.1 Å². The standard InChI is InChI=1S/C14H30N2/c1-11(2)6-14(5)16-9-12(3)7-15-8-13(4)10-16/h11-15H,6-10H2,1-5H3. The molecule has 0 spiro atoms. The molecule has 0 radical (unpaired) electrons. The molecule has 1 aliphatic rings. The van der Waals surface area contributed by atoms with Gasteiger partial charge in [-0.2, -0.15) is 0 Å². The molecule has 0 saturated carbocycles. The second-order valence-corrected chi connectivity index (χ2v) is 6.30. The van der Waals surface area contributed by atoms with Crippen LogP contribution in [0.15, 0.2) is 0 Å². The molecule has 3 unspecified atom stereocenters. The monoisotopic (exact) mass is 226 g/mol. The van der Waals surface area contributed by atoms with E-state index < -0.39 is 0 Å². The Balaban J connectivity index is 2.52. The molecule has 1 heterocycles. The summed E-state index contributed by atoms with van der Waals surface area (Å²) in [4.78, 5) is 2.70. The summed E-state index contributed by atoms with van der Waals surface area (Å²) in [6.07, 6.45) is 1.33. The van der Waals surface area contributed by atoms with E-state index in [0.717, 1.165) is 23.8 Å². The number of nitrogens with zero attached hydrogens (tertiary/aromatic N) is 1. The largest absolute Gasteiger partial charge is 0.316 e. The van der Waals surface area contributed by atoms with E-state index in [0.29, 0.717) is 0 Å². The Labute approximate surface area is 102 Å². The number of nitrogens with one attached hydrogen (secondary N) is 1. The van der Waals surface area contributed by atoms with E-state index in [-0.39, 0.29) is 0 Å². The van der Waals surface area contributed by atoms with Gasteiger partial charge in [0.25, 0.3) is 0 Å². The maximum Gasteiger partial charge on any atom is 0.00696 e. The average molecular weight is 226 g/mol. The first-order valence-electron chi connectivity index (χ1n) is 6.93. The van der Waals surface area contributed by atoms with Crippen LogP contribution >= 0.6 is 0 Å². The zero-order valence-corrected chi connectivity index (χ0v) is 11.8. The van der Waals surface area contributed by atoms with Gasteiger partial charge in [0.1, 0.15) is 0 Å². The van der Waals surface area contributed by atoms with Crippen molar-refractivity contribution in [3.63, 3.8) is 0 Å². The predicted octanol–water partition coefficient (Wildman–Crippen LogP) is 2.60. The fraction of sp³-hybridized carbons (Fsp3) is 1.00. The van der Waals surface area contributed by atoms with Crippen molar-refractivity contribution in [2.45, 2.75) is 47.1 Å². The summed E-state index contributed by atoms with van der Waals surface area (Å²) in [6, 6.07) is 0.739. The predicted molar refractivity (Wildman–Crippen MR) is 71.7 cm³/mol. The van der Waals surface area contributed by atoms with Crippen molar-refractivity contribution in [3.8, 4) is 0 Å². The van der Waals surface area contributed by atoms with E-state index in [1.807, 2.05) is 0 Å². The highest BCUT2D eigenvalue weighted by molar-refractivity contribution is 4.77. The van der Waals surface area contributed by atoms with Crippen LogP contribution in [0.1, 0.15) is 41.0 Å². The van der Waals surface area contributed by atoms with Crippen molar-refractivity contribution in [3.05, 3.63) is 0 Å². The summed E-state index contributed by atoms with van der Waals surface area (Å²) in [5, 5.41) is 3.56. The fourth-order valence-electron chi connectivity index (χ4n) is 2.77. The molecule has 1 rings (SSSR count). The summed E-state index contributed by atoms with van der Waals surface area (Å²) in [6.45, 7) is 16.6.